The highest BCUT2D eigenvalue weighted by Crippen LogP contribution is 2.19. The van der Waals surface area contributed by atoms with Gasteiger partial charge in [-0.1, -0.05) is 32.0 Å². The molecule has 0 saturated heterocycles. The van der Waals surface area contributed by atoms with E-state index in [0.29, 0.717) is 24.8 Å². The molecule has 1 rings (SSSR count). The minimum Gasteiger partial charge on any atom is -0.372 e. The summed E-state index contributed by atoms with van der Waals surface area (Å²) in [5, 5.41) is 3.26. The minimum absolute atomic E-state index is 0.202. The molecule has 0 heterocycles. The summed E-state index contributed by atoms with van der Waals surface area (Å²) in [5.74, 6) is -0.202. The van der Waals surface area contributed by atoms with Gasteiger partial charge in [0.1, 0.15) is 5.82 Å². The molecule has 3 heteroatoms. The van der Waals surface area contributed by atoms with Crippen molar-refractivity contribution >= 4 is 0 Å². The van der Waals surface area contributed by atoms with Crippen LogP contribution in [0.15, 0.2) is 24.3 Å². The van der Waals surface area contributed by atoms with E-state index in [4.69, 9.17) is 4.74 Å². The number of rotatable bonds is 6. The van der Waals surface area contributed by atoms with E-state index in [2.05, 4.69) is 19.2 Å². The number of benzene rings is 1. The van der Waals surface area contributed by atoms with Gasteiger partial charge in [0.25, 0.3) is 0 Å². The highest BCUT2D eigenvalue weighted by atomic mass is 19.1. The van der Waals surface area contributed by atoms with E-state index >= 15 is 0 Å². The van der Waals surface area contributed by atoms with Crippen LogP contribution in [-0.4, -0.2) is 19.2 Å². The van der Waals surface area contributed by atoms with E-state index in [0.717, 1.165) is 0 Å². The van der Waals surface area contributed by atoms with Crippen LogP contribution >= 0.6 is 0 Å². The van der Waals surface area contributed by atoms with Crippen molar-refractivity contribution in [1.29, 1.82) is 0 Å². The van der Waals surface area contributed by atoms with Gasteiger partial charge >= 0.3 is 0 Å². The van der Waals surface area contributed by atoms with Crippen LogP contribution in [0.4, 0.5) is 4.39 Å². The first-order chi connectivity index (χ1) is 7.65. The van der Waals surface area contributed by atoms with Gasteiger partial charge in [-0.15, -0.1) is 0 Å². The van der Waals surface area contributed by atoms with Gasteiger partial charge in [0, 0.05) is 24.8 Å². The zero-order valence-corrected chi connectivity index (χ0v) is 10.2. The molecular weight excluding hydrogens is 205 g/mol. The third kappa shape index (κ3) is 3.91. The number of hydrogen-bond donors (Lipinski definition) is 1. The maximum atomic E-state index is 13.6. The lowest BCUT2D eigenvalue weighted by molar-refractivity contribution is 0.0584. The zero-order valence-electron chi connectivity index (χ0n) is 10.2. The van der Waals surface area contributed by atoms with Crippen LogP contribution < -0.4 is 5.32 Å². The van der Waals surface area contributed by atoms with Crippen LogP contribution in [0.1, 0.15) is 32.4 Å². The lowest BCUT2D eigenvalue weighted by Crippen LogP contribution is -2.29. The Labute approximate surface area is 96.8 Å². The number of halogens is 1. The Balaban J connectivity index is 2.73. The monoisotopic (exact) mass is 225 g/mol. The number of ether oxygens (including phenoxy) is 1. The molecule has 0 amide bonds. The van der Waals surface area contributed by atoms with Gasteiger partial charge in [-0.2, -0.15) is 0 Å². The SMILES string of the molecule is CCOC(CNC(C)C)c1ccccc1F. The predicted octanol–water partition coefficient (Wildman–Crippen LogP) is 2.90. The lowest BCUT2D eigenvalue weighted by atomic mass is 10.1. The molecule has 0 fully saturated rings. The van der Waals surface area contributed by atoms with Crippen LogP contribution in [0.3, 0.4) is 0 Å². The van der Waals surface area contributed by atoms with Crippen LogP contribution in [-0.2, 0) is 4.74 Å². The largest absolute Gasteiger partial charge is 0.372 e. The molecule has 1 aromatic carbocycles. The van der Waals surface area contributed by atoms with Crippen molar-refractivity contribution in [2.45, 2.75) is 32.9 Å². The number of nitrogens with one attached hydrogen (secondary N) is 1. The van der Waals surface area contributed by atoms with Crippen molar-refractivity contribution < 1.29 is 9.13 Å². The first-order valence-electron chi connectivity index (χ1n) is 5.74. The van der Waals surface area contributed by atoms with Crippen molar-refractivity contribution in [3.63, 3.8) is 0 Å². The second-order valence-corrected chi connectivity index (χ2v) is 4.03. The molecule has 0 radical (unpaired) electrons. The topological polar surface area (TPSA) is 21.3 Å². The van der Waals surface area contributed by atoms with Crippen LogP contribution in [0.5, 0.6) is 0 Å². The molecule has 90 valence electrons. The Morgan fingerprint density at radius 3 is 2.56 bits per heavy atom. The molecule has 0 spiro atoms. The molecule has 1 unspecified atom stereocenters. The molecule has 0 aliphatic carbocycles. The fourth-order valence-corrected chi connectivity index (χ4v) is 1.54. The molecule has 0 saturated carbocycles. The van der Waals surface area contributed by atoms with E-state index in [-0.39, 0.29) is 11.9 Å². The van der Waals surface area contributed by atoms with Gasteiger partial charge in [-0.05, 0) is 13.0 Å². The highest BCUT2D eigenvalue weighted by Gasteiger charge is 2.15. The van der Waals surface area contributed by atoms with Gasteiger partial charge in [0.05, 0.1) is 6.10 Å². The Morgan fingerprint density at radius 2 is 2.00 bits per heavy atom. The summed E-state index contributed by atoms with van der Waals surface area (Å²) < 4.78 is 19.1. The molecule has 1 aromatic rings. The fourth-order valence-electron chi connectivity index (χ4n) is 1.54. The van der Waals surface area contributed by atoms with E-state index in [1.165, 1.54) is 6.07 Å². The molecule has 0 aromatic heterocycles. The molecule has 16 heavy (non-hydrogen) atoms. The van der Waals surface area contributed by atoms with Crippen molar-refractivity contribution in [3.8, 4) is 0 Å². The van der Waals surface area contributed by atoms with Gasteiger partial charge in [0.15, 0.2) is 0 Å². The average molecular weight is 225 g/mol. The normalized spacial score (nSPS) is 13.1. The molecular formula is C13H20FNO. The maximum absolute atomic E-state index is 13.6. The van der Waals surface area contributed by atoms with E-state index < -0.39 is 0 Å². The first kappa shape index (κ1) is 13.1. The Kier molecular flexibility index (Phi) is 5.43. The fraction of sp³-hybridized carbons (Fsp3) is 0.538. The third-order valence-corrected chi connectivity index (χ3v) is 2.33. The summed E-state index contributed by atoms with van der Waals surface area (Å²) in [6, 6.07) is 7.14. The molecule has 1 atom stereocenters. The molecule has 2 nitrogen and oxygen atoms in total. The van der Waals surface area contributed by atoms with Gasteiger partial charge in [0.2, 0.25) is 0 Å². The van der Waals surface area contributed by atoms with Crippen molar-refractivity contribution in [1.82, 2.24) is 5.32 Å². The van der Waals surface area contributed by atoms with Crippen LogP contribution in [0.2, 0.25) is 0 Å². The Bertz CT molecular complexity index is 315. The Hall–Kier alpha value is -0.930. The summed E-state index contributed by atoms with van der Waals surface area (Å²) in [6.07, 6.45) is -0.214. The molecule has 0 aliphatic rings. The van der Waals surface area contributed by atoms with Crippen molar-refractivity contribution in [2.24, 2.45) is 0 Å². The zero-order chi connectivity index (χ0) is 12.0. The molecule has 0 bridgehead atoms. The van der Waals surface area contributed by atoms with E-state index in [9.17, 15) is 4.39 Å². The van der Waals surface area contributed by atoms with Crippen molar-refractivity contribution in [3.05, 3.63) is 35.6 Å². The summed E-state index contributed by atoms with van der Waals surface area (Å²) in [5.41, 5.74) is 0.623. The first-order valence-corrected chi connectivity index (χ1v) is 5.74. The molecule has 1 N–H and O–H groups in total. The predicted molar refractivity (Wildman–Crippen MR) is 63.9 cm³/mol. The van der Waals surface area contributed by atoms with E-state index in [1.54, 1.807) is 12.1 Å². The second kappa shape index (κ2) is 6.61. The van der Waals surface area contributed by atoms with Gasteiger partial charge in [-0.25, -0.2) is 4.39 Å². The minimum atomic E-state index is -0.214. The van der Waals surface area contributed by atoms with Crippen molar-refractivity contribution in [2.75, 3.05) is 13.2 Å². The van der Waals surface area contributed by atoms with Crippen LogP contribution in [0, 0.1) is 5.82 Å². The van der Waals surface area contributed by atoms with Gasteiger partial charge < -0.3 is 10.1 Å². The summed E-state index contributed by atoms with van der Waals surface area (Å²) in [7, 11) is 0. The van der Waals surface area contributed by atoms with E-state index in [1.807, 2.05) is 13.0 Å². The average Bonchev–Trinajstić information content (AvgIpc) is 2.25. The smallest absolute Gasteiger partial charge is 0.129 e. The quantitative estimate of drug-likeness (QED) is 0.803. The lowest BCUT2D eigenvalue weighted by Gasteiger charge is -2.20. The summed E-state index contributed by atoms with van der Waals surface area (Å²) in [4.78, 5) is 0. The van der Waals surface area contributed by atoms with Gasteiger partial charge in [-0.3, -0.25) is 0 Å². The summed E-state index contributed by atoms with van der Waals surface area (Å²) in [6.45, 7) is 7.25. The second-order valence-electron chi connectivity index (χ2n) is 4.03. The summed E-state index contributed by atoms with van der Waals surface area (Å²) >= 11 is 0. The van der Waals surface area contributed by atoms with Crippen LogP contribution in [0.25, 0.3) is 0 Å². The Morgan fingerprint density at radius 1 is 1.31 bits per heavy atom. The third-order valence-electron chi connectivity index (χ3n) is 2.33. The standard InChI is InChI=1S/C13H20FNO/c1-4-16-13(9-15-10(2)3)11-7-5-6-8-12(11)14/h5-8,10,13,15H,4,9H2,1-3H3. The molecule has 0 aliphatic heterocycles. The highest BCUT2D eigenvalue weighted by molar-refractivity contribution is 5.20. The number of hydrogen-bond acceptors (Lipinski definition) is 2. The maximum Gasteiger partial charge on any atom is 0.129 e.